The molecular weight excluding hydrogens is 448 g/mol. The molecule has 0 aliphatic heterocycles. The number of benzene rings is 1. The maximum atomic E-state index is 4.66. The summed E-state index contributed by atoms with van der Waals surface area (Å²) in [6.07, 6.45) is 34.6. The molecule has 1 fully saturated rings. The summed E-state index contributed by atoms with van der Waals surface area (Å²) in [5, 5.41) is 0. The molecule has 37 heavy (non-hydrogen) atoms. The molecule has 2 heteroatoms. The van der Waals surface area contributed by atoms with E-state index in [0.717, 1.165) is 42.5 Å². The van der Waals surface area contributed by atoms with Crippen LogP contribution >= 0.6 is 0 Å². The first-order chi connectivity index (χ1) is 18.3. The topological polar surface area (TPSA) is 25.8 Å². The third-order valence-electron chi connectivity index (χ3n) is 8.35. The highest BCUT2D eigenvalue weighted by Gasteiger charge is 2.18. The molecule has 2 nitrogen and oxygen atoms in total. The van der Waals surface area contributed by atoms with Gasteiger partial charge in [0.05, 0.1) is 0 Å². The molecule has 3 rings (SSSR count). The standard InChI is InChI=1S/C35H54N2/c1-3-5-7-8-9-10-11-13-19-33-28-36-35(37-29-33)34-26-24-32(25-27-34)18-15-14-17-31-22-20-30(21-23-31)16-12-6-4-2/h14,17,24-31H,3-13,15-16,18-23H2,1-2H3/b17-14+. The Labute approximate surface area is 228 Å². The van der Waals surface area contributed by atoms with Gasteiger partial charge in [-0.25, -0.2) is 9.97 Å². The Bertz CT molecular complexity index is 844. The molecule has 0 unspecified atom stereocenters. The number of aryl methyl sites for hydroxylation is 2. The average molecular weight is 503 g/mol. The highest BCUT2D eigenvalue weighted by Crippen LogP contribution is 2.32. The van der Waals surface area contributed by atoms with E-state index in [1.807, 2.05) is 12.4 Å². The molecule has 1 saturated carbocycles. The molecule has 0 saturated heterocycles. The molecule has 0 spiro atoms. The molecule has 0 radical (unpaired) electrons. The lowest BCUT2D eigenvalue weighted by molar-refractivity contribution is 0.289. The highest BCUT2D eigenvalue weighted by molar-refractivity contribution is 5.55. The molecular formula is C35H54N2. The van der Waals surface area contributed by atoms with Gasteiger partial charge in [0, 0.05) is 18.0 Å². The number of hydrogen-bond donors (Lipinski definition) is 0. The minimum Gasteiger partial charge on any atom is -0.236 e. The van der Waals surface area contributed by atoms with Crippen molar-refractivity contribution in [1.29, 1.82) is 0 Å². The fraction of sp³-hybridized carbons (Fsp3) is 0.657. The number of rotatable bonds is 18. The Morgan fingerprint density at radius 2 is 1.30 bits per heavy atom. The second-order valence-corrected chi connectivity index (χ2v) is 11.6. The van der Waals surface area contributed by atoms with E-state index < -0.39 is 0 Å². The Balaban J connectivity index is 1.30. The molecule has 1 aliphatic rings. The molecule has 204 valence electrons. The fourth-order valence-electron chi connectivity index (χ4n) is 5.81. The second kappa shape index (κ2) is 18.3. The quantitative estimate of drug-likeness (QED) is 0.150. The molecule has 0 amide bonds. The predicted octanol–water partition coefficient (Wildman–Crippen LogP) is 10.7. The predicted molar refractivity (Wildman–Crippen MR) is 161 cm³/mol. The van der Waals surface area contributed by atoms with Gasteiger partial charge >= 0.3 is 0 Å². The maximum Gasteiger partial charge on any atom is 0.159 e. The van der Waals surface area contributed by atoms with Crippen molar-refractivity contribution in [1.82, 2.24) is 9.97 Å². The van der Waals surface area contributed by atoms with E-state index in [9.17, 15) is 0 Å². The molecule has 0 N–H and O–H groups in total. The van der Waals surface area contributed by atoms with Crippen LogP contribution in [-0.2, 0) is 12.8 Å². The van der Waals surface area contributed by atoms with Crippen LogP contribution in [0.25, 0.3) is 11.4 Å². The molecule has 2 aromatic rings. The van der Waals surface area contributed by atoms with Gasteiger partial charge in [0.25, 0.3) is 0 Å². The van der Waals surface area contributed by atoms with Crippen molar-refractivity contribution >= 4 is 0 Å². The van der Waals surface area contributed by atoms with Gasteiger partial charge in [-0.15, -0.1) is 0 Å². The molecule has 1 aliphatic carbocycles. The molecule has 1 aromatic carbocycles. The summed E-state index contributed by atoms with van der Waals surface area (Å²) in [5.41, 5.74) is 3.79. The van der Waals surface area contributed by atoms with E-state index in [-0.39, 0.29) is 0 Å². The lowest BCUT2D eigenvalue weighted by Crippen LogP contribution is -2.13. The van der Waals surface area contributed by atoms with Crippen molar-refractivity contribution < 1.29 is 0 Å². The van der Waals surface area contributed by atoms with Crippen LogP contribution < -0.4 is 0 Å². The first-order valence-electron chi connectivity index (χ1n) is 15.8. The van der Waals surface area contributed by atoms with Crippen molar-refractivity contribution in [2.24, 2.45) is 11.8 Å². The Hall–Kier alpha value is -1.96. The zero-order valence-electron chi connectivity index (χ0n) is 24.1. The second-order valence-electron chi connectivity index (χ2n) is 11.6. The monoisotopic (exact) mass is 502 g/mol. The van der Waals surface area contributed by atoms with E-state index in [2.05, 4.69) is 60.2 Å². The van der Waals surface area contributed by atoms with Crippen LogP contribution in [-0.4, -0.2) is 9.97 Å². The minimum atomic E-state index is 0.820. The van der Waals surface area contributed by atoms with Crippen LogP contribution in [0.1, 0.15) is 134 Å². The van der Waals surface area contributed by atoms with E-state index in [4.69, 9.17) is 0 Å². The Morgan fingerprint density at radius 3 is 1.97 bits per heavy atom. The fourth-order valence-corrected chi connectivity index (χ4v) is 5.81. The van der Waals surface area contributed by atoms with Crippen LogP contribution in [0, 0.1) is 11.8 Å². The summed E-state index contributed by atoms with van der Waals surface area (Å²) in [6, 6.07) is 8.88. The van der Waals surface area contributed by atoms with Crippen molar-refractivity contribution in [3.05, 3.63) is 59.9 Å². The van der Waals surface area contributed by atoms with Gasteiger partial charge in [0.2, 0.25) is 0 Å². The largest absolute Gasteiger partial charge is 0.236 e. The first kappa shape index (κ1) is 29.6. The van der Waals surface area contributed by atoms with E-state index >= 15 is 0 Å². The first-order valence-corrected chi connectivity index (χ1v) is 15.8. The number of unbranched alkanes of at least 4 members (excludes halogenated alkanes) is 9. The van der Waals surface area contributed by atoms with Gasteiger partial charge in [0.1, 0.15) is 0 Å². The highest BCUT2D eigenvalue weighted by atomic mass is 14.9. The van der Waals surface area contributed by atoms with Crippen molar-refractivity contribution in [3.8, 4) is 11.4 Å². The lowest BCUT2D eigenvalue weighted by atomic mass is 9.79. The van der Waals surface area contributed by atoms with Crippen LogP contribution in [0.2, 0.25) is 0 Å². The van der Waals surface area contributed by atoms with E-state index in [0.29, 0.717) is 0 Å². The number of nitrogens with zero attached hydrogens (tertiary/aromatic N) is 2. The van der Waals surface area contributed by atoms with Gasteiger partial charge in [0.15, 0.2) is 5.82 Å². The van der Waals surface area contributed by atoms with Gasteiger partial charge < -0.3 is 0 Å². The molecule has 0 bridgehead atoms. The third kappa shape index (κ3) is 12.0. The van der Waals surface area contributed by atoms with Gasteiger partial charge in [-0.2, -0.15) is 0 Å². The summed E-state index contributed by atoms with van der Waals surface area (Å²) in [6.45, 7) is 4.59. The Morgan fingerprint density at radius 1 is 0.676 bits per heavy atom. The van der Waals surface area contributed by atoms with Crippen LogP contribution in [0.4, 0.5) is 0 Å². The normalized spacial score (nSPS) is 18.0. The molecule has 0 atom stereocenters. The molecule has 1 aromatic heterocycles. The van der Waals surface area contributed by atoms with Gasteiger partial charge in [-0.3, -0.25) is 0 Å². The summed E-state index contributed by atoms with van der Waals surface area (Å²) in [5.74, 6) is 2.67. The molecule has 1 heterocycles. The van der Waals surface area contributed by atoms with Gasteiger partial charge in [-0.05, 0) is 74.3 Å². The third-order valence-corrected chi connectivity index (χ3v) is 8.35. The summed E-state index contributed by atoms with van der Waals surface area (Å²) in [4.78, 5) is 9.32. The summed E-state index contributed by atoms with van der Waals surface area (Å²) < 4.78 is 0. The van der Waals surface area contributed by atoms with E-state index in [1.165, 1.54) is 114 Å². The van der Waals surface area contributed by atoms with E-state index in [1.54, 1.807) is 0 Å². The number of allylic oxidation sites excluding steroid dienone is 2. The zero-order valence-corrected chi connectivity index (χ0v) is 24.1. The number of hydrogen-bond acceptors (Lipinski definition) is 2. The van der Waals surface area contributed by atoms with Crippen molar-refractivity contribution in [2.75, 3.05) is 0 Å². The van der Waals surface area contributed by atoms with Gasteiger partial charge in [-0.1, -0.05) is 121 Å². The van der Waals surface area contributed by atoms with Crippen LogP contribution in [0.3, 0.4) is 0 Å². The van der Waals surface area contributed by atoms with Crippen molar-refractivity contribution in [3.63, 3.8) is 0 Å². The summed E-state index contributed by atoms with van der Waals surface area (Å²) in [7, 11) is 0. The maximum absolute atomic E-state index is 4.66. The zero-order chi connectivity index (χ0) is 26.0. The van der Waals surface area contributed by atoms with Crippen LogP contribution in [0.15, 0.2) is 48.8 Å². The average Bonchev–Trinajstić information content (AvgIpc) is 2.94. The lowest BCUT2D eigenvalue weighted by Gasteiger charge is -2.26. The smallest absolute Gasteiger partial charge is 0.159 e. The summed E-state index contributed by atoms with van der Waals surface area (Å²) >= 11 is 0. The van der Waals surface area contributed by atoms with Crippen LogP contribution in [0.5, 0.6) is 0 Å². The Kier molecular flexibility index (Phi) is 14.7. The van der Waals surface area contributed by atoms with Crippen molar-refractivity contribution in [2.45, 2.75) is 136 Å². The number of aromatic nitrogens is 2. The minimum absolute atomic E-state index is 0.820. The SMILES string of the molecule is CCCCCCCCCCc1cnc(-c2ccc(CC/C=C/C3CCC(CCCCC)CC3)cc2)nc1.